The predicted octanol–water partition coefficient (Wildman–Crippen LogP) is 2.42. The van der Waals surface area contributed by atoms with Crippen LogP contribution < -0.4 is 10.1 Å². The number of hydrogen-bond donors (Lipinski definition) is 1. The first kappa shape index (κ1) is 11.1. The average Bonchev–Trinajstić information content (AvgIpc) is 2.28. The maximum Gasteiger partial charge on any atom is 0.120 e. The molecule has 0 aliphatic carbocycles. The monoisotopic (exact) mass is 243 g/mol. The van der Waals surface area contributed by atoms with Crippen molar-refractivity contribution in [1.82, 2.24) is 5.32 Å². The molecular weight excluding hydrogens is 230 g/mol. The Kier molecular flexibility index (Phi) is 4.18. The van der Waals surface area contributed by atoms with E-state index in [0.29, 0.717) is 5.25 Å². The van der Waals surface area contributed by atoms with Crippen molar-refractivity contribution in [1.29, 1.82) is 0 Å². The lowest BCUT2D eigenvalue weighted by molar-refractivity contribution is 0.312. The molecule has 0 bridgehead atoms. The molecule has 0 amide bonds. The lowest BCUT2D eigenvalue weighted by Gasteiger charge is -2.22. The van der Waals surface area contributed by atoms with E-state index in [1.807, 2.05) is 36.0 Å². The van der Waals surface area contributed by atoms with Crippen LogP contribution in [0.25, 0.3) is 0 Å². The van der Waals surface area contributed by atoms with Gasteiger partial charge >= 0.3 is 0 Å². The summed E-state index contributed by atoms with van der Waals surface area (Å²) in [5.41, 5.74) is 0. The summed E-state index contributed by atoms with van der Waals surface area (Å²) < 4.78 is 5.68. The molecule has 15 heavy (non-hydrogen) atoms. The highest BCUT2D eigenvalue weighted by atomic mass is 35.5. The van der Waals surface area contributed by atoms with Crippen LogP contribution in [0.2, 0.25) is 5.02 Å². The number of hydrogen-bond acceptors (Lipinski definition) is 3. The fraction of sp³-hybridized carbons (Fsp3) is 0.455. The molecule has 0 aromatic heterocycles. The zero-order chi connectivity index (χ0) is 10.5. The molecule has 1 heterocycles. The van der Waals surface area contributed by atoms with Crippen molar-refractivity contribution in [3.8, 4) is 5.75 Å². The first-order chi connectivity index (χ1) is 7.34. The van der Waals surface area contributed by atoms with Gasteiger partial charge in [0, 0.05) is 23.9 Å². The largest absolute Gasteiger partial charge is 0.492 e. The quantitative estimate of drug-likeness (QED) is 0.881. The summed E-state index contributed by atoms with van der Waals surface area (Å²) in [5, 5.41) is 4.63. The summed E-state index contributed by atoms with van der Waals surface area (Å²) in [4.78, 5) is 0. The Labute approximate surface area is 99.3 Å². The van der Waals surface area contributed by atoms with Gasteiger partial charge in [-0.1, -0.05) is 17.7 Å². The van der Waals surface area contributed by atoms with Gasteiger partial charge in [-0.15, -0.1) is 0 Å². The van der Waals surface area contributed by atoms with E-state index in [1.165, 1.54) is 5.75 Å². The van der Waals surface area contributed by atoms with Crippen LogP contribution >= 0.6 is 23.4 Å². The third-order valence-corrected chi connectivity index (χ3v) is 3.69. The van der Waals surface area contributed by atoms with Gasteiger partial charge in [0.15, 0.2) is 0 Å². The van der Waals surface area contributed by atoms with E-state index in [9.17, 15) is 0 Å². The summed E-state index contributed by atoms with van der Waals surface area (Å²) in [6, 6.07) is 7.55. The van der Waals surface area contributed by atoms with Gasteiger partial charge in [0.25, 0.3) is 0 Å². The minimum Gasteiger partial charge on any atom is -0.492 e. The van der Waals surface area contributed by atoms with Crippen molar-refractivity contribution in [2.24, 2.45) is 0 Å². The Bertz CT molecular complexity index is 315. The highest BCUT2D eigenvalue weighted by Crippen LogP contribution is 2.19. The molecule has 1 N–H and O–H groups in total. The van der Waals surface area contributed by atoms with Crippen LogP contribution in [-0.4, -0.2) is 30.7 Å². The van der Waals surface area contributed by atoms with Crippen LogP contribution in [0.4, 0.5) is 0 Å². The van der Waals surface area contributed by atoms with Crippen molar-refractivity contribution < 1.29 is 4.74 Å². The first-order valence-corrected chi connectivity index (χ1v) is 6.48. The molecule has 1 aliphatic rings. The second kappa shape index (κ2) is 5.64. The average molecular weight is 244 g/mol. The summed E-state index contributed by atoms with van der Waals surface area (Å²) >= 11 is 7.83. The SMILES string of the molecule is Clc1cccc(OCC2CNCCS2)c1. The fourth-order valence-corrected chi connectivity index (χ4v) is 2.65. The number of halogens is 1. The van der Waals surface area contributed by atoms with Crippen LogP contribution in [0, 0.1) is 0 Å². The lowest BCUT2D eigenvalue weighted by atomic mass is 10.3. The van der Waals surface area contributed by atoms with Crippen molar-refractivity contribution in [3.63, 3.8) is 0 Å². The molecule has 1 aliphatic heterocycles. The van der Waals surface area contributed by atoms with Gasteiger partial charge in [-0.25, -0.2) is 0 Å². The first-order valence-electron chi connectivity index (χ1n) is 5.05. The lowest BCUT2D eigenvalue weighted by Crippen LogP contribution is -2.36. The van der Waals surface area contributed by atoms with Crippen LogP contribution in [0.15, 0.2) is 24.3 Å². The van der Waals surface area contributed by atoms with Crippen molar-refractivity contribution in [2.45, 2.75) is 5.25 Å². The number of nitrogens with one attached hydrogen (secondary N) is 1. The van der Waals surface area contributed by atoms with Gasteiger partial charge in [-0.3, -0.25) is 0 Å². The van der Waals surface area contributed by atoms with Crippen molar-refractivity contribution in [3.05, 3.63) is 29.3 Å². The second-order valence-corrected chi connectivity index (χ2v) is 5.31. The van der Waals surface area contributed by atoms with E-state index in [4.69, 9.17) is 16.3 Å². The molecule has 2 nitrogen and oxygen atoms in total. The molecule has 0 radical (unpaired) electrons. The number of benzene rings is 1. The predicted molar refractivity (Wildman–Crippen MR) is 66.1 cm³/mol. The molecular formula is C11H14ClNOS. The zero-order valence-electron chi connectivity index (χ0n) is 8.41. The van der Waals surface area contributed by atoms with Crippen LogP contribution in [0.1, 0.15) is 0 Å². The van der Waals surface area contributed by atoms with E-state index in [0.717, 1.165) is 30.5 Å². The van der Waals surface area contributed by atoms with E-state index < -0.39 is 0 Å². The topological polar surface area (TPSA) is 21.3 Å². The summed E-state index contributed by atoms with van der Waals surface area (Å²) in [6.07, 6.45) is 0. The maximum absolute atomic E-state index is 5.87. The highest BCUT2D eigenvalue weighted by molar-refractivity contribution is 8.00. The Morgan fingerprint density at radius 3 is 3.20 bits per heavy atom. The molecule has 0 saturated carbocycles. The standard InChI is InChI=1S/C11H14ClNOS/c12-9-2-1-3-10(6-9)14-8-11-7-13-4-5-15-11/h1-3,6,11,13H,4-5,7-8H2. The fourth-order valence-electron chi connectivity index (χ4n) is 1.47. The molecule has 1 aromatic rings. The molecule has 1 unspecified atom stereocenters. The molecule has 1 aromatic carbocycles. The highest BCUT2D eigenvalue weighted by Gasteiger charge is 2.13. The Morgan fingerprint density at radius 2 is 2.47 bits per heavy atom. The molecule has 1 saturated heterocycles. The van der Waals surface area contributed by atoms with E-state index in [-0.39, 0.29) is 0 Å². The smallest absolute Gasteiger partial charge is 0.120 e. The number of thioether (sulfide) groups is 1. The Balaban J connectivity index is 1.81. The van der Waals surface area contributed by atoms with Crippen LogP contribution in [-0.2, 0) is 0 Å². The van der Waals surface area contributed by atoms with Gasteiger partial charge in [0.05, 0.1) is 5.25 Å². The minimum atomic E-state index is 0.553. The summed E-state index contributed by atoms with van der Waals surface area (Å²) in [6.45, 7) is 2.89. The van der Waals surface area contributed by atoms with E-state index >= 15 is 0 Å². The van der Waals surface area contributed by atoms with Crippen molar-refractivity contribution >= 4 is 23.4 Å². The second-order valence-electron chi connectivity index (χ2n) is 3.47. The molecule has 1 fully saturated rings. The van der Waals surface area contributed by atoms with Gasteiger partial charge in [0.1, 0.15) is 12.4 Å². The third kappa shape index (κ3) is 3.59. The molecule has 0 spiro atoms. The molecule has 82 valence electrons. The summed E-state index contributed by atoms with van der Waals surface area (Å²) in [7, 11) is 0. The van der Waals surface area contributed by atoms with Gasteiger partial charge in [-0.05, 0) is 18.2 Å². The molecule has 2 rings (SSSR count). The summed E-state index contributed by atoms with van der Waals surface area (Å²) in [5.74, 6) is 2.03. The van der Waals surface area contributed by atoms with Gasteiger partial charge in [0.2, 0.25) is 0 Å². The zero-order valence-corrected chi connectivity index (χ0v) is 9.98. The van der Waals surface area contributed by atoms with E-state index in [2.05, 4.69) is 5.32 Å². The van der Waals surface area contributed by atoms with Crippen LogP contribution in [0.3, 0.4) is 0 Å². The number of ether oxygens (including phenoxy) is 1. The Morgan fingerprint density at radius 1 is 1.53 bits per heavy atom. The minimum absolute atomic E-state index is 0.553. The van der Waals surface area contributed by atoms with Crippen LogP contribution in [0.5, 0.6) is 5.75 Å². The third-order valence-electron chi connectivity index (χ3n) is 2.24. The van der Waals surface area contributed by atoms with E-state index in [1.54, 1.807) is 0 Å². The van der Waals surface area contributed by atoms with Gasteiger partial charge in [-0.2, -0.15) is 11.8 Å². The molecule has 4 heteroatoms. The van der Waals surface area contributed by atoms with Gasteiger partial charge < -0.3 is 10.1 Å². The number of rotatable bonds is 3. The molecule has 1 atom stereocenters. The normalized spacial score (nSPS) is 21.3. The Hall–Kier alpha value is -0.380. The van der Waals surface area contributed by atoms with Crippen molar-refractivity contribution in [2.75, 3.05) is 25.4 Å². The maximum atomic E-state index is 5.87.